The van der Waals surface area contributed by atoms with Crippen LogP contribution >= 0.6 is 11.8 Å². The molecular formula is C11H17N3OS. The van der Waals surface area contributed by atoms with Crippen molar-refractivity contribution >= 4 is 17.7 Å². The number of thioether (sulfide) groups is 1. The molecule has 0 spiro atoms. The molecule has 1 N–H and O–H groups in total. The molecule has 1 amide bonds. The van der Waals surface area contributed by atoms with Gasteiger partial charge in [-0.25, -0.2) is 9.97 Å². The number of carbonyl (C=O) groups excluding carboxylic acids is 1. The Kier molecular flexibility index (Phi) is 4.73. The number of nitrogens with one attached hydrogen (secondary N) is 1. The largest absolute Gasteiger partial charge is 0.352 e. The Morgan fingerprint density at radius 2 is 2.06 bits per heavy atom. The number of aromatic nitrogens is 2. The van der Waals surface area contributed by atoms with Crippen LogP contribution in [-0.2, 0) is 0 Å². The van der Waals surface area contributed by atoms with E-state index in [4.69, 9.17) is 0 Å². The van der Waals surface area contributed by atoms with Gasteiger partial charge in [-0.3, -0.25) is 4.79 Å². The van der Waals surface area contributed by atoms with E-state index in [1.165, 1.54) is 11.8 Å². The highest BCUT2D eigenvalue weighted by molar-refractivity contribution is 7.98. The monoisotopic (exact) mass is 239 g/mol. The van der Waals surface area contributed by atoms with Gasteiger partial charge < -0.3 is 5.32 Å². The molecule has 0 fully saturated rings. The van der Waals surface area contributed by atoms with Crippen LogP contribution in [0.5, 0.6) is 0 Å². The number of carbonyl (C=O) groups is 1. The predicted octanol–water partition coefficient (Wildman–Crippen LogP) is 1.96. The standard InChI is InChI=1S/C11H17N3OS/c1-5-6-12-10(15)9-7(2)13-8(3)14-11(9)16-4/h5-6H2,1-4H3,(H,12,15). The van der Waals surface area contributed by atoms with Crippen LogP contribution in [0.2, 0.25) is 0 Å². The van der Waals surface area contributed by atoms with Crippen LogP contribution in [0.15, 0.2) is 5.03 Å². The summed E-state index contributed by atoms with van der Waals surface area (Å²) in [6.45, 7) is 6.38. The maximum absolute atomic E-state index is 11.9. The molecule has 0 saturated heterocycles. The lowest BCUT2D eigenvalue weighted by Crippen LogP contribution is -2.26. The van der Waals surface area contributed by atoms with Crippen molar-refractivity contribution in [3.63, 3.8) is 0 Å². The summed E-state index contributed by atoms with van der Waals surface area (Å²) in [4.78, 5) is 20.4. The SMILES string of the molecule is CCCNC(=O)c1c(C)nc(C)nc1SC. The molecule has 5 heteroatoms. The number of amides is 1. The van der Waals surface area contributed by atoms with E-state index < -0.39 is 0 Å². The summed E-state index contributed by atoms with van der Waals surface area (Å²) in [5.74, 6) is 0.623. The maximum Gasteiger partial charge on any atom is 0.255 e. The third-order valence-electron chi connectivity index (χ3n) is 2.12. The van der Waals surface area contributed by atoms with Gasteiger partial charge in [-0.2, -0.15) is 0 Å². The van der Waals surface area contributed by atoms with Gasteiger partial charge in [-0.05, 0) is 26.5 Å². The van der Waals surface area contributed by atoms with E-state index >= 15 is 0 Å². The van der Waals surface area contributed by atoms with Crippen LogP contribution in [0.25, 0.3) is 0 Å². The Hall–Kier alpha value is -1.10. The zero-order chi connectivity index (χ0) is 12.1. The summed E-state index contributed by atoms with van der Waals surface area (Å²) in [6, 6.07) is 0. The molecule has 0 aliphatic rings. The Morgan fingerprint density at radius 1 is 1.38 bits per heavy atom. The highest BCUT2D eigenvalue weighted by atomic mass is 32.2. The second kappa shape index (κ2) is 5.84. The van der Waals surface area contributed by atoms with Crippen LogP contribution in [0.4, 0.5) is 0 Å². The molecule has 16 heavy (non-hydrogen) atoms. The normalized spacial score (nSPS) is 10.2. The number of aryl methyl sites for hydroxylation is 2. The summed E-state index contributed by atoms with van der Waals surface area (Å²) in [5.41, 5.74) is 1.34. The lowest BCUT2D eigenvalue weighted by atomic mass is 10.2. The molecule has 0 aromatic carbocycles. The van der Waals surface area contributed by atoms with E-state index in [-0.39, 0.29) is 5.91 Å². The van der Waals surface area contributed by atoms with Crippen molar-refractivity contribution in [2.24, 2.45) is 0 Å². The maximum atomic E-state index is 11.9. The zero-order valence-corrected chi connectivity index (χ0v) is 10.9. The number of nitrogens with zero attached hydrogens (tertiary/aromatic N) is 2. The average molecular weight is 239 g/mol. The summed E-state index contributed by atoms with van der Waals surface area (Å²) in [5, 5.41) is 3.60. The molecular weight excluding hydrogens is 222 g/mol. The first-order valence-electron chi connectivity index (χ1n) is 5.27. The highest BCUT2D eigenvalue weighted by Gasteiger charge is 2.16. The Labute approximate surface area is 100 Å². The summed E-state index contributed by atoms with van der Waals surface area (Å²) in [6.07, 6.45) is 2.84. The molecule has 0 radical (unpaired) electrons. The molecule has 1 aromatic heterocycles. The lowest BCUT2D eigenvalue weighted by Gasteiger charge is -2.10. The van der Waals surface area contributed by atoms with Crippen molar-refractivity contribution in [3.05, 3.63) is 17.1 Å². The van der Waals surface area contributed by atoms with E-state index in [0.29, 0.717) is 17.9 Å². The van der Waals surface area contributed by atoms with Gasteiger partial charge in [0.05, 0.1) is 11.3 Å². The van der Waals surface area contributed by atoms with Crippen molar-refractivity contribution < 1.29 is 4.79 Å². The molecule has 0 bridgehead atoms. The quantitative estimate of drug-likeness (QED) is 0.644. The number of hydrogen-bond donors (Lipinski definition) is 1. The molecule has 0 unspecified atom stereocenters. The zero-order valence-electron chi connectivity index (χ0n) is 10.1. The minimum Gasteiger partial charge on any atom is -0.352 e. The molecule has 0 aliphatic carbocycles. The van der Waals surface area contributed by atoms with Crippen molar-refractivity contribution in [1.29, 1.82) is 0 Å². The van der Waals surface area contributed by atoms with Gasteiger partial charge in [0.15, 0.2) is 0 Å². The third-order valence-corrected chi connectivity index (χ3v) is 2.81. The molecule has 88 valence electrons. The Bertz CT molecular complexity index is 393. The minimum absolute atomic E-state index is 0.0799. The fourth-order valence-corrected chi connectivity index (χ4v) is 2.09. The summed E-state index contributed by atoms with van der Waals surface area (Å²) >= 11 is 1.47. The van der Waals surface area contributed by atoms with Crippen LogP contribution < -0.4 is 5.32 Å². The topological polar surface area (TPSA) is 54.9 Å². The third kappa shape index (κ3) is 2.95. The van der Waals surface area contributed by atoms with Gasteiger partial charge in [-0.1, -0.05) is 6.92 Å². The first-order chi connectivity index (χ1) is 7.60. The van der Waals surface area contributed by atoms with Gasteiger partial charge in [0, 0.05) is 6.54 Å². The molecule has 4 nitrogen and oxygen atoms in total. The summed E-state index contributed by atoms with van der Waals surface area (Å²) in [7, 11) is 0. The Balaban J connectivity index is 3.06. The van der Waals surface area contributed by atoms with E-state index in [1.54, 1.807) is 0 Å². The minimum atomic E-state index is -0.0799. The average Bonchev–Trinajstić information content (AvgIpc) is 2.24. The fourth-order valence-electron chi connectivity index (χ4n) is 1.42. The van der Waals surface area contributed by atoms with Crippen molar-refractivity contribution in [2.45, 2.75) is 32.2 Å². The van der Waals surface area contributed by atoms with Crippen molar-refractivity contribution in [2.75, 3.05) is 12.8 Å². The van der Waals surface area contributed by atoms with Crippen LogP contribution in [0.1, 0.15) is 35.2 Å². The molecule has 0 saturated carbocycles. The fraction of sp³-hybridized carbons (Fsp3) is 0.545. The first kappa shape index (κ1) is 13.0. The highest BCUT2D eigenvalue weighted by Crippen LogP contribution is 2.20. The first-order valence-corrected chi connectivity index (χ1v) is 6.50. The number of hydrogen-bond acceptors (Lipinski definition) is 4. The smallest absolute Gasteiger partial charge is 0.255 e. The molecule has 0 atom stereocenters. The van der Waals surface area contributed by atoms with Gasteiger partial charge >= 0.3 is 0 Å². The summed E-state index contributed by atoms with van der Waals surface area (Å²) < 4.78 is 0. The number of rotatable bonds is 4. The van der Waals surface area contributed by atoms with E-state index in [1.807, 2.05) is 27.0 Å². The van der Waals surface area contributed by atoms with E-state index in [2.05, 4.69) is 15.3 Å². The van der Waals surface area contributed by atoms with E-state index in [9.17, 15) is 4.79 Å². The van der Waals surface area contributed by atoms with Crippen LogP contribution in [0, 0.1) is 13.8 Å². The molecule has 1 rings (SSSR count). The van der Waals surface area contributed by atoms with Gasteiger partial charge in [0.2, 0.25) is 0 Å². The van der Waals surface area contributed by atoms with Crippen LogP contribution in [0.3, 0.4) is 0 Å². The van der Waals surface area contributed by atoms with Gasteiger partial charge in [-0.15, -0.1) is 11.8 Å². The van der Waals surface area contributed by atoms with Crippen LogP contribution in [-0.4, -0.2) is 28.7 Å². The second-order valence-corrected chi connectivity index (χ2v) is 4.29. The van der Waals surface area contributed by atoms with Gasteiger partial charge in [0.1, 0.15) is 10.9 Å². The van der Waals surface area contributed by atoms with E-state index in [0.717, 1.165) is 17.1 Å². The van der Waals surface area contributed by atoms with Gasteiger partial charge in [0.25, 0.3) is 5.91 Å². The lowest BCUT2D eigenvalue weighted by molar-refractivity contribution is 0.0949. The molecule has 1 heterocycles. The van der Waals surface area contributed by atoms with Crippen molar-refractivity contribution in [3.8, 4) is 0 Å². The predicted molar refractivity (Wildman–Crippen MR) is 65.9 cm³/mol. The molecule has 0 aliphatic heterocycles. The van der Waals surface area contributed by atoms with Crippen molar-refractivity contribution in [1.82, 2.24) is 15.3 Å². The Morgan fingerprint density at radius 3 is 2.62 bits per heavy atom. The molecule has 1 aromatic rings. The second-order valence-electron chi connectivity index (χ2n) is 3.50.